The van der Waals surface area contributed by atoms with E-state index in [1.165, 1.54) is 18.9 Å². The van der Waals surface area contributed by atoms with E-state index in [0.717, 1.165) is 12.1 Å². The van der Waals surface area contributed by atoms with E-state index in [0.29, 0.717) is 0 Å². The molecule has 0 unspecified atom stereocenters. The Labute approximate surface area is 113 Å². The summed E-state index contributed by atoms with van der Waals surface area (Å²) in [5.74, 6) is -1.62. The number of alkyl halides is 3. The molecule has 1 N–H and O–H groups in total. The number of hydrogen-bond donors (Lipinski definition) is 1. The molecule has 0 aliphatic heterocycles. The van der Waals surface area contributed by atoms with Crippen molar-refractivity contribution < 1.29 is 27.5 Å². The monoisotopic (exact) mass is 293 g/mol. The van der Waals surface area contributed by atoms with Crippen molar-refractivity contribution in [2.24, 2.45) is 0 Å². The summed E-state index contributed by atoms with van der Waals surface area (Å²) in [6.07, 6.45) is -5.28. The summed E-state index contributed by atoms with van der Waals surface area (Å²) < 4.78 is 49.6. The van der Waals surface area contributed by atoms with Crippen LogP contribution in [0.15, 0.2) is 12.1 Å². The van der Waals surface area contributed by atoms with Gasteiger partial charge in [-0.05, 0) is 26.1 Å². The molecular weight excluding hydrogens is 278 g/mol. The van der Waals surface area contributed by atoms with Gasteiger partial charge in [0.1, 0.15) is 11.6 Å². The Kier molecular flexibility index (Phi) is 5.10. The molecule has 1 aromatic rings. The zero-order valence-electron chi connectivity index (χ0n) is 11.1. The number of nitrogens with zero attached hydrogens (tertiary/aromatic N) is 1. The molecule has 0 radical (unpaired) electrons. The van der Waals surface area contributed by atoms with Crippen LogP contribution in [0.25, 0.3) is 0 Å². The van der Waals surface area contributed by atoms with Gasteiger partial charge in [0.25, 0.3) is 0 Å². The predicted octanol–water partition coefficient (Wildman–Crippen LogP) is 3.12. The van der Waals surface area contributed by atoms with Crippen LogP contribution in [0.2, 0.25) is 0 Å². The van der Waals surface area contributed by atoms with Gasteiger partial charge < -0.3 is 10.0 Å². The Bertz CT molecular complexity index is 500. The molecule has 0 aliphatic rings. The minimum Gasteiger partial charge on any atom is -0.507 e. The van der Waals surface area contributed by atoms with E-state index in [9.17, 15) is 27.5 Å². The van der Waals surface area contributed by atoms with Crippen LogP contribution in [0.3, 0.4) is 0 Å². The summed E-state index contributed by atoms with van der Waals surface area (Å²) in [4.78, 5) is 12.5. The Balaban J connectivity index is 2.84. The molecule has 0 saturated carbocycles. The second kappa shape index (κ2) is 6.21. The van der Waals surface area contributed by atoms with Crippen LogP contribution in [0.1, 0.15) is 29.3 Å². The molecule has 0 atom stereocenters. The molecule has 1 rings (SSSR count). The lowest BCUT2D eigenvalue weighted by Gasteiger charge is -2.19. The van der Waals surface area contributed by atoms with Gasteiger partial charge in [-0.3, -0.25) is 4.79 Å². The molecule has 0 aliphatic carbocycles. The first kappa shape index (κ1) is 16.4. The normalized spacial score (nSPS) is 11.9. The van der Waals surface area contributed by atoms with Crippen LogP contribution in [0.4, 0.5) is 17.6 Å². The first-order chi connectivity index (χ1) is 9.10. The maximum Gasteiger partial charge on any atom is 0.390 e. The van der Waals surface area contributed by atoms with Crippen LogP contribution < -0.4 is 0 Å². The van der Waals surface area contributed by atoms with Gasteiger partial charge in [-0.2, -0.15) is 13.2 Å². The van der Waals surface area contributed by atoms with Crippen molar-refractivity contribution in [2.45, 2.75) is 26.1 Å². The minimum absolute atomic E-state index is 0.0832. The number of halogens is 4. The largest absolute Gasteiger partial charge is 0.507 e. The SMILES string of the molecule is CC(=O)c1cc(F)cc(CN(C)CCC(F)(F)F)c1O. The van der Waals surface area contributed by atoms with Crippen LogP contribution in [-0.2, 0) is 6.54 Å². The van der Waals surface area contributed by atoms with E-state index in [1.807, 2.05) is 0 Å². The van der Waals surface area contributed by atoms with E-state index >= 15 is 0 Å². The topological polar surface area (TPSA) is 40.5 Å². The summed E-state index contributed by atoms with van der Waals surface area (Å²) in [7, 11) is 1.42. The number of phenols is 1. The zero-order chi connectivity index (χ0) is 15.5. The third kappa shape index (κ3) is 4.80. The number of hydrogen-bond acceptors (Lipinski definition) is 3. The van der Waals surface area contributed by atoms with Crippen molar-refractivity contribution in [1.29, 1.82) is 0 Å². The summed E-state index contributed by atoms with van der Waals surface area (Å²) >= 11 is 0. The van der Waals surface area contributed by atoms with Crippen molar-refractivity contribution in [1.82, 2.24) is 4.90 Å². The molecule has 3 nitrogen and oxygen atoms in total. The molecule has 1 aromatic carbocycles. The predicted molar refractivity (Wildman–Crippen MR) is 65.1 cm³/mol. The van der Waals surface area contributed by atoms with Gasteiger partial charge in [0.15, 0.2) is 5.78 Å². The third-order valence-electron chi connectivity index (χ3n) is 2.75. The number of carbonyl (C=O) groups excluding carboxylic acids is 1. The molecule has 112 valence electrons. The fraction of sp³-hybridized carbons (Fsp3) is 0.462. The fourth-order valence-corrected chi connectivity index (χ4v) is 1.73. The summed E-state index contributed by atoms with van der Waals surface area (Å²) in [6, 6.07) is 1.91. The summed E-state index contributed by atoms with van der Waals surface area (Å²) in [5, 5.41) is 9.82. The molecule has 0 spiro atoms. The third-order valence-corrected chi connectivity index (χ3v) is 2.75. The average molecular weight is 293 g/mol. The first-order valence-corrected chi connectivity index (χ1v) is 5.88. The van der Waals surface area contributed by atoms with Gasteiger partial charge in [0.2, 0.25) is 0 Å². The average Bonchev–Trinajstić information content (AvgIpc) is 2.29. The van der Waals surface area contributed by atoms with Crippen LogP contribution in [0.5, 0.6) is 5.75 Å². The van der Waals surface area contributed by atoms with Gasteiger partial charge in [-0.15, -0.1) is 0 Å². The highest BCUT2D eigenvalue weighted by molar-refractivity contribution is 5.97. The molecule has 0 heterocycles. The Morgan fingerprint density at radius 1 is 1.35 bits per heavy atom. The molecule has 20 heavy (non-hydrogen) atoms. The number of carbonyl (C=O) groups is 1. The number of ketones is 1. The highest BCUT2D eigenvalue weighted by Crippen LogP contribution is 2.26. The van der Waals surface area contributed by atoms with Crippen LogP contribution in [-0.4, -0.2) is 35.6 Å². The minimum atomic E-state index is -4.28. The lowest BCUT2D eigenvalue weighted by atomic mass is 10.0. The quantitative estimate of drug-likeness (QED) is 0.670. The molecule has 0 bridgehead atoms. The first-order valence-electron chi connectivity index (χ1n) is 5.88. The van der Waals surface area contributed by atoms with E-state index in [2.05, 4.69) is 0 Å². The molecule has 0 saturated heterocycles. The van der Waals surface area contributed by atoms with Crippen molar-refractivity contribution >= 4 is 5.78 Å². The van der Waals surface area contributed by atoms with Crippen molar-refractivity contribution in [3.8, 4) is 5.75 Å². The van der Waals surface area contributed by atoms with Crippen molar-refractivity contribution in [2.75, 3.05) is 13.6 Å². The van der Waals surface area contributed by atoms with Gasteiger partial charge in [-0.25, -0.2) is 4.39 Å². The van der Waals surface area contributed by atoms with E-state index in [-0.39, 0.29) is 24.2 Å². The van der Waals surface area contributed by atoms with Crippen molar-refractivity contribution in [3.63, 3.8) is 0 Å². The Morgan fingerprint density at radius 2 is 1.95 bits per heavy atom. The molecule has 7 heteroatoms. The highest BCUT2D eigenvalue weighted by atomic mass is 19.4. The second-order valence-corrected chi connectivity index (χ2v) is 4.62. The molecule has 0 amide bonds. The van der Waals surface area contributed by atoms with Gasteiger partial charge in [0, 0.05) is 18.7 Å². The number of benzene rings is 1. The standard InChI is InChI=1S/C13H15F4NO2/c1-8(19)11-6-10(14)5-9(12(11)20)7-18(2)4-3-13(15,16)17/h5-6,20H,3-4,7H2,1-2H3. The molecule has 0 aromatic heterocycles. The Morgan fingerprint density at radius 3 is 2.45 bits per heavy atom. The summed E-state index contributed by atoms with van der Waals surface area (Å²) in [6.45, 7) is 0.806. The maximum atomic E-state index is 13.3. The van der Waals surface area contributed by atoms with Crippen LogP contribution >= 0.6 is 0 Å². The van der Waals surface area contributed by atoms with Gasteiger partial charge in [-0.1, -0.05) is 0 Å². The smallest absolute Gasteiger partial charge is 0.390 e. The van der Waals surface area contributed by atoms with E-state index in [1.54, 1.807) is 0 Å². The van der Waals surface area contributed by atoms with Gasteiger partial charge in [0.05, 0.1) is 12.0 Å². The van der Waals surface area contributed by atoms with Crippen molar-refractivity contribution in [3.05, 3.63) is 29.1 Å². The molecule has 0 fully saturated rings. The lowest BCUT2D eigenvalue weighted by molar-refractivity contribution is -0.137. The number of rotatable bonds is 5. The molecular formula is C13H15F4NO2. The second-order valence-electron chi connectivity index (χ2n) is 4.62. The summed E-state index contributed by atoms with van der Waals surface area (Å²) in [5.41, 5.74) is -0.0934. The lowest BCUT2D eigenvalue weighted by Crippen LogP contribution is -2.24. The maximum absolute atomic E-state index is 13.3. The number of aromatic hydroxyl groups is 1. The fourth-order valence-electron chi connectivity index (χ4n) is 1.73. The highest BCUT2D eigenvalue weighted by Gasteiger charge is 2.27. The van der Waals surface area contributed by atoms with E-state index in [4.69, 9.17) is 0 Å². The zero-order valence-corrected chi connectivity index (χ0v) is 11.1. The number of phenolic OH excluding ortho intramolecular Hbond substituents is 1. The van der Waals surface area contributed by atoms with E-state index < -0.39 is 29.9 Å². The van der Waals surface area contributed by atoms with Crippen LogP contribution in [0, 0.1) is 5.82 Å². The van der Waals surface area contributed by atoms with Gasteiger partial charge >= 0.3 is 6.18 Å². The Hall–Kier alpha value is -1.63. The number of Topliss-reactive ketones (excluding diaryl/α,β-unsaturated/α-hetero) is 1.